The Hall–Kier alpha value is -1.83. The summed E-state index contributed by atoms with van der Waals surface area (Å²) >= 11 is 1.27. The lowest BCUT2D eigenvalue weighted by atomic mass is 10.1. The van der Waals surface area contributed by atoms with Crippen molar-refractivity contribution in [2.24, 2.45) is 0 Å². The summed E-state index contributed by atoms with van der Waals surface area (Å²) in [5, 5.41) is 42.1. The third kappa shape index (κ3) is 3.34. The highest BCUT2D eigenvalue weighted by atomic mass is 32.1. The molecule has 0 saturated heterocycles. The minimum Gasteiger partial charge on any atom is -0.508 e. The van der Waals surface area contributed by atoms with E-state index in [1.165, 1.54) is 23.5 Å². The van der Waals surface area contributed by atoms with Gasteiger partial charge < -0.3 is 25.7 Å². The van der Waals surface area contributed by atoms with Gasteiger partial charge in [0, 0.05) is 30.0 Å². The molecule has 6 nitrogen and oxygen atoms in total. The molecule has 0 fully saturated rings. The van der Waals surface area contributed by atoms with Gasteiger partial charge in [0.1, 0.15) is 17.7 Å². The first-order chi connectivity index (χ1) is 9.10. The number of aromatic hydroxyl groups is 2. The molecule has 1 aromatic carbocycles. The van der Waals surface area contributed by atoms with Crippen LogP contribution in [0, 0.1) is 0 Å². The van der Waals surface area contributed by atoms with Gasteiger partial charge in [-0.1, -0.05) is 0 Å². The zero-order valence-corrected chi connectivity index (χ0v) is 10.8. The predicted molar refractivity (Wildman–Crippen MR) is 72.2 cm³/mol. The van der Waals surface area contributed by atoms with E-state index in [-0.39, 0.29) is 24.5 Å². The van der Waals surface area contributed by atoms with Crippen LogP contribution < -0.4 is 5.32 Å². The van der Waals surface area contributed by atoms with E-state index in [4.69, 9.17) is 5.11 Å². The smallest absolute Gasteiger partial charge is 0.185 e. The zero-order chi connectivity index (χ0) is 13.8. The summed E-state index contributed by atoms with van der Waals surface area (Å²) in [6.45, 7) is -0.120. The average Bonchev–Trinajstić information content (AvgIpc) is 2.77. The molecular weight excluding hydrogens is 268 g/mol. The second-order valence-electron chi connectivity index (χ2n) is 3.91. The Balaban J connectivity index is 2.16. The highest BCUT2D eigenvalue weighted by molar-refractivity contribution is 7.14. The van der Waals surface area contributed by atoms with Crippen LogP contribution in [0.1, 0.15) is 6.42 Å². The first kappa shape index (κ1) is 13.6. The van der Waals surface area contributed by atoms with Crippen molar-refractivity contribution in [3.05, 3.63) is 23.6 Å². The number of anilines is 1. The van der Waals surface area contributed by atoms with Crippen LogP contribution >= 0.6 is 11.3 Å². The Morgan fingerprint density at radius 2 is 2.11 bits per heavy atom. The number of benzene rings is 1. The molecule has 1 heterocycles. The maximum absolute atomic E-state index is 9.72. The molecule has 0 aliphatic carbocycles. The van der Waals surface area contributed by atoms with Crippen molar-refractivity contribution in [1.82, 2.24) is 4.98 Å². The monoisotopic (exact) mass is 282 g/mol. The minimum atomic E-state index is -0.864. The van der Waals surface area contributed by atoms with Crippen LogP contribution in [-0.2, 0) is 0 Å². The van der Waals surface area contributed by atoms with Crippen LogP contribution in [0.2, 0.25) is 0 Å². The lowest BCUT2D eigenvalue weighted by Gasteiger charge is -2.09. The van der Waals surface area contributed by atoms with Crippen LogP contribution in [0.25, 0.3) is 11.3 Å². The molecule has 2 aromatic rings. The van der Waals surface area contributed by atoms with Crippen molar-refractivity contribution in [2.75, 3.05) is 11.9 Å². The summed E-state index contributed by atoms with van der Waals surface area (Å²) in [5.41, 5.74) is 1.04. The molecular formula is C12H14N2O4S. The molecule has 0 bridgehead atoms. The Labute approximate surface area is 113 Å². The van der Waals surface area contributed by atoms with Crippen molar-refractivity contribution in [3.63, 3.8) is 0 Å². The summed E-state index contributed by atoms with van der Waals surface area (Å²) < 4.78 is 0. The maximum Gasteiger partial charge on any atom is 0.185 e. The molecule has 0 aliphatic heterocycles. The van der Waals surface area contributed by atoms with E-state index in [2.05, 4.69) is 10.3 Å². The van der Waals surface area contributed by atoms with Crippen LogP contribution in [-0.4, -0.2) is 38.2 Å². The molecule has 2 rings (SSSR count). The summed E-state index contributed by atoms with van der Waals surface area (Å²) in [4.78, 5) is 4.22. The molecule has 1 atom stereocenters. The van der Waals surface area contributed by atoms with Gasteiger partial charge in [-0.15, -0.1) is 11.3 Å². The van der Waals surface area contributed by atoms with Gasteiger partial charge in [0.15, 0.2) is 5.13 Å². The van der Waals surface area contributed by atoms with E-state index < -0.39 is 6.23 Å². The quantitative estimate of drug-likeness (QED) is 0.530. The lowest BCUT2D eigenvalue weighted by molar-refractivity contribution is 0.155. The number of rotatable bonds is 5. The summed E-state index contributed by atoms with van der Waals surface area (Å²) in [5.74, 6) is -0.0825. The fourth-order valence-electron chi connectivity index (χ4n) is 1.54. The molecule has 0 radical (unpaired) electrons. The first-order valence-electron chi connectivity index (χ1n) is 5.63. The number of thiazole rings is 1. The second-order valence-corrected chi connectivity index (χ2v) is 4.77. The van der Waals surface area contributed by atoms with Crippen molar-refractivity contribution in [1.29, 1.82) is 0 Å². The van der Waals surface area contributed by atoms with Crippen LogP contribution in [0.5, 0.6) is 11.5 Å². The third-order valence-electron chi connectivity index (χ3n) is 2.45. The molecule has 0 saturated carbocycles. The zero-order valence-electron chi connectivity index (χ0n) is 9.95. The maximum atomic E-state index is 9.72. The Morgan fingerprint density at radius 1 is 1.32 bits per heavy atom. The topological polar surface area (TPSA) is 106 Å². The standard InChI is InChI=1S/C12H14N2O4S/c15-4-3-11(18)14-12-13-9(6-19-12)8-2-1-7(16)5-10(8)17/h1-2,5-6,11,15-18H,3-4H2,(H,13,14). The van der Waals surface area contributed by atoms with E-state index in [1.807, 2.05) is 0 Å². The molecule has 7 heteroatoms. The van der Waals surface area contributed by atoms with Crippen LogP contribution in [0.3, 0.4) is 0 Å². The highest BCUT2D eigenvalue weighted by Gasteiger charge is 2.11. The molecule has 1 unspecified atom stereocenters. The van der Waals surface area contributed by atoms with Gasteiger partial charge in [0.25, 0.3) is 0 Å². The van der Waals surface area contributed by atoms with Gasteiger partial charge in [-0.25, -0.2) is 4.98 Å². The Bertz CT molecular complexity index is 558. The number of aliphatic hydroxyl groups excluding tert-OH is 2. The highest BCUT2D eigenvalue weighted by Crippen LogP contribution is 2.33. The van der Waals surface area contributed by atoms with Gasteiger partial charge in [-0.05, 0) is 12.1 Å². The minimum absolute atomic E-state index is 0.0202. The first-order valence-corrected chi connectivity index (χ1v) is 6.51. The van der Waals surface area contributed by atoms with Crippen molar-refractivity contribution in [3.8, 4) is 22.8 Å². The molecule has 102 valence electrons. The molecule has 0 amide bonds. The summed E-state index contributed by atoms with van der Waals surface area (Å²) in [6, 6.07) is 4.26. The van der Waals surface area contributed by atoms with Crippen molar-refractivity contribution in [2.45, 2.75) is 12.6 Å². The number of phenols is 2. The SMILES string of the molecule is OCCC(O)Nc1nc(-c2ccc(O)cc2O)cs1. The van der Waals surface area contributed by atoms with E-state index in [9.17, 15) is 15.3 Å². The van der Waals surface area contributed by atoms with E-state index in [0.29, 0.717) is 16.4 Å². The largest absolute Gasteiger partial charge is 0.508 e. The number of hydrogen-bond donors (Lipinski definition) is 5. The fraction of sp³-hybridized carbons (Fsp3) is 0.250. The molecule has 0 aliphatic rings. The van der Waals surface area contributed by atoms with E-state index in [0.717, 1.165) is 0 Å². The fourth-order valence-corrected chi connectivity index (χ4v) is 2.30. The van der Waals surface area contributed by atoms with Gasteiger partial charge in [-0.2, -0.15) is 0 Å². The van der Waals surface area contributed by atoms with Crippen LogP contribution in [0.4, 0.5) is 5.13 Å². The van der Waals surface area contributed by atoms with E-state index in [1.54, 1.807) is 11.4 Å². The van der Waals surface area contributed by atoms with Gasteiger partial charge in [-0.3, -0.25) is 0 Å². The van der Waals surface area contributed by atoms with Gasteiger partial charge >= 0.3 is 0 Å². The number of nitrogens with zero attached hydrogens (tertiary/aromatic N) is 1. The molecule has 19 heavy (non-hydrogen) atoms. The number of aliphatic hydroxyl groups is 2. The summed E-state index contributed by atoms with van der Waals surface area (Å²) in [7, 11) is 0. The molecule has 5 N–H and O–H groups in total. The third-order valence-corrected chi connectivity index (χ3v) is 3.23. The van der Waals surface area contributed by atoms with Crippen molar-refractivity contribution >= 4 is 16.5 Å². The average molecular weight is 282 g/mol. The Morgan fingerprint density at radius 3 is 2.79 bits per heavy atom. The number of nitrogens with one attached hydrogen (secondary N) is 1. The molecule has 1 aromatic heterocycles. The van der Waals surface area contributed by atoms with Gasteiger partial charge in [0.2, 0.25) is 0 Å². The van der Waals surface area contributed by atoms with Crippen LogP contribution in [0.15, 0.2) is 23.6 Å². The predicted octanol–water partition coefficient (Wildman–Crippen LogP) is 1.33. The van der Waals surface area contributed by atoms with Gasteiger partial charge in [0.05, 0.1) is 5.69 Å². The van der Waals surface area contributed by atoms with E-state index >= 15 is 0 Å². The number of phenolic OH excluding ortho intramolecular Hbond substituents is 2. The number of aromatic nitrogens is 1. The Kier molecular flexibility index (Phi) is 4.20. The number of hydrogen-bond acceptors (Lipinski definition) is 7. The second kappa shape index (κ2) is 5.87. The van der Waals surface area contributed by atoms with Crippen molar-refractivity contribution < 1.29 is 20.4 Å². The normalized spacial score (nSPS) is 12.3. The lowest BCUT2D eigenvalue weighted by Crippen LogP contribution is -2.19. The molecule has 0 spiro atoms. The summed E-state index contributed by atoms with van der Waals surface area (Å²) in [6.07, 6.45) is -0.656.